The van der Waals surface area contributed by atoms with E-state index in [1.54, 1.807) is 17.5 Å². The molecule has 1 aliphatic rings. The highest BCUT2D eigenvalue weighted by atomic mass is 32.2. The molecule has 7 heteroatoms. The number of ether oxygens (including phenoxy) is 1. The Hall–Kier alpha value is -1.41. The number of methoxy groups -OCH3 is 1. The van der Waals surface area contributed by atoms with Crippen molar-refractivity contribution in [1.29, 1.82) is 0 Å². The van der Waals surface area contributed by atoms with E-state index in [9.17, 15) is 8.42 Å². The molecule has 2 aromatic rings. The number of thiophene rings is 1. The molecule has 1 atom stereocenters. The second kappa shape index (κ2) is 6.84. The first kappa shape index (κ1) is 17.4. The largest absolute Gasteiger partial charge is 0.496 e. The predicted octanol–water partition coefficient (Wildman–Crippen LogP) is 2.74. The fourth-order valence-corrected chi connectivity index (χ4v) is 5.90. The average Bonchev–Trinajstić information content (AvgIpc) is 3.02. The van der Waals surface area contributed by atoms with Gasteiger partial charge in [-0.25, -0.2) is 8.42 Å². The molecule has 24 heavy (non-hydrogen) atoms. The summed E-state index contributed by atoms with van der Waals surface area (Å²) in [6.45, 7) is 3.54. The Bertz CT molecular complexity index is 817. The van der Waals surface area contributed by atoms with Gasteiger partial charge in [-0.15, -0.1) is 11.3 Å². The zero-order valence-electron chi connectivity index (χ0n) is 14.1. The molecule has 1 aliphatic heterocycles. The molecule has 1 aromatic heterocycles. The number of para-hydroxylation sites is 1. The van der Waals surface area contributed by atoms with Gasteiger partial charge in [0.15, 0.2) is 0 Å². The number of aryl methyl sites for hydroxylation is 1. The van der Waals surface area contributed by atoms with Crippen molar-refractivity contribution in [2.45, 2.75) is 17.2 Å². The van der Waals surface area contributed by atoms with E-state index in [2.05, 4.69) is 4.90 Å². The van der Waals surface area contributed by atoms with Crippen LogP contribution < -0.4 is 4.74 Å². The van der Waals surface area contributed by atoms with Crippen LogP contribution in [0.3, 0.4) is 0 Å². The minimum Gasteiger partial charge on any atom is -0.496 e. The number of hydrogen-bond donors (Lipinski definition) is 0. The van der Waals surface area contributed by atoms with Crippen LogP contribution in [0.4, 0.5) is 0 Å². The van der Waals surface area contributed by atoms with E-state index in [0.29, 0.717) is 23.8 Å². The fraction of sp³-hybridized carbons (Fsp3) is 0.412. The summed E-state index contributed by atoms with van der Waals surface area (Å²) in [6, 6.07) is 11.3. The van der Waals surface area contributed by atoms with Gasteiger partial charge >= 0.3 is 0 Å². The van der Waals surface area contributed by atoms with Crippen molar-refractivity contribution in [1.82, 2.24) is 9.21 Å². The minimum absolute atomic E-state index is 0.0225. The summed E-state index contributed by atoms with van der Waals surface area (Å²) in [5.74, 6) is 0.792. The lowest BCUT2D eigenvalue weighted by Crippen LogP contribution is -2.48. The molecule has 0 bridgehead atoms. The van der Waals surface area contributed by atoms with Crippen LogP contribution in [0.15, 0.2) is 40.6 Å². The van der Waals surface area contributed by atoms with Crippen LogP contribution in [0.25, 0.3) is 0 Å². The van der Waals surface area contributed by atoms with Crippen LogP contribution in [0.1, 0.15) is 16.5 Å². The third-order valence-electron chi connectivity index (χ3n) is 4.42. The number of likely N-dealkylation sites (N-methyl/N-ethyl adjacent to an activating group) is 1. The minimum atomic E-state index is -3.44. The molecule has 3 rings (SSSR count). The van der Waals surface area contributed by atoms with Crippen LogP contribution in [-0.4, -0.2) is 51.4 Å². The van der Waals surface area contributed by atoms with Gasteiger partial charge in [-0.05, 0) is 32.2 Å². The van der Waals surface area contributed by atoms with Crippen LogP contribution in [0, 0.1) is 6.92 Å². The zero-order chi connectivity index (χ0) is 17.3. The van der Waals surface area contributed by atoms with E-state index < -0.39 is 10.0 Å². The standard InChI is InChI=1S/C17H22N2O3S2/c1-13-8-9-17(23-13)24(20,21)19-11-10-18(2)15(12-19)14-6-4-5-7-16(14)22-3/h4-9,15H,10-12H2,1-3H3. The molecular weight excluding hydrogens is 344 g/mol. The van der Waals surface area contributed by atoms with E-state index in [0.717, 1.165) is 16.2 Å². The summed E-state index contributed by atoms with van der Waals surface area (Å²) in [4.78, 5) is 3.19. The Balaban J connectivity index is 1.91. The summed E-state index contributed by atoms with van der Waals surface area (Å²) >= 11 is 1.33. The molecule has 1 fully saturated rings. The number of hydrogen-bond acceptors (Lipinski definition) is 5. The van der Waals surface area contributed by atoms with E-state index >= 15 is 0 Å². The fourth-order valence-electron chi connectivity index (χ4n) is 3.02. The molecule has 1 aromatic carbocycles. The number of nitrogens with zero attached hydrogens (tertiary/aromatic N) is 2. The second-order valence-electron chi connectivity index (χ2n) is 5.97. The lowest BCUT2D eigenvalue weighted by molar-refractivity contribution is 0.146. The first-order valence-corrected chi connectivity index (χ1v) is 10.1. The molecule has 1 saturated heterocycles. The topological polar surface area (TPSA) is 49.9 Å². The van der Waals surface area contributed by atoms with Gasteiger partial charge in [0.25, 0.3) is 10.0 Å². The average molecular weight is 367 g/mol. The molecule has 0 saturated carbocycles. The Morgan fingerprint density at radius 1 is 1.17 bits per heavy atom. The van der Waals surface area contributed by atoms with Crippen molar-refractivity contribution < 1.29 is 13.2 Å². The molecule has 1 unspecified atom stereocenters. The van der Waals surface area contributed by atoms with Crippen LogP contribution in [0.2, 0.25) is 0 Å². The molecule has 0 aliphatic carbocycles. The van der Waals surface area contributed by atoms with E-state index in [1.165, 1.54) is 11.3 Å². The second-order valence-corrected chi connectivity index (χ2v) is 9.42. The predicted molar refractivity (Wildman–Crippen MR) is 96.2 cm³/mol. The normalized spacial score (nSPS) is 20.2. The van der Waals surface area contributed by atoms with Gasteiger partial charge in [-0.3, -0.25) is 4.90 Å². The highest BCUT2D eigenvalue weighted by Crippen LogP contribution is 2.34. The lowest BCUT2D eigenvalue weighted by atomic mass is 10.0. The number of piperazine rings is 1. The first-order chi connectivity index (χ1) is 11.4. The van der Waals surface area contributed by atoms with Crippen LogP contribution in [0.5, 0.6) is 5.75 Å². The summed E-state index contributed by atoms with van der Waals surface area (Å²) < 4.78 is 33.3. The Kier molecular flexibility index (Phi) is 4.96. The molecule has 5 nitrogen and oxygen atoms in total. The Labute approximate surface area is 147 Å². The summed E-state index contributed by atoms with van der Waals surface area (Å²) in [7, 11) is 0.227. The van der Waals surface area contributed by atoms with Gasteiger partial charge in [0.1, 0.15) is 9.96 Å². The maximum absolute atomic E-state index is 12.9. The molecule has 0 spiro atoms. The summed E-state index contributed by atoms with van der Waals surface area (Å²) in [6.07, 6.45) is 0. The van der Waals surface area contributed by atoms with Gasteiger partial charge < -0.3 is 4.74 Å². The van der Waals surface area contributed by atoms with E-state index in [1.807, 2.05) is 44.3 Å². The molecule has 2 heterocycles. The molecule has 0 radical (unpaired) electrons. The van der Waals surface area contributed by atoms with Crippen molar-refractivity contribution in [2.24, 2.45) is 0 Å². The van der Waals surface area contributed by atoms with Crippen molar-refractivity contribution in [3.05, 3.63) is 46.8 Å². The van der Waals surface area contributed by atoms with Crippen molar-refractivity contribution >= 4 is 21.4 Å². The maximum Gasteiger partial charge on any atom is 0.252 e. The number of sulfonamides is 1. The third kappa shape index (κ3) is 3.21. The number of benzene rings is 1. The van der Waals surface area contributed by atoms with Gasteiger partial charge in [-0.2, -0.15) is 4.31 Å². The smallest absolute Gasteiger partial charge is 0.252 e. The van der Waals surface area contributed by atoms with Crippen LogP contribution in [-0.2, 0) is 10.0 Å². The zero-order valence-corrected chi connectivity index (χ0v) is 15.7. The number of rotatable bonds is 4. The molecule has 0 N–H and O–H groups in total. The van der Waals surface area contributed by atoms with E-state index in [4.69, 9.17) is 4.74 Å². The van der Waals surface area contributed by atoms with Crippen LogP contribution >= 0.6 is 11.3 Å². The maximum atomic E-state index is 12.9. The lowest BCUT2D eigenvalue weighted by Gasteiger charge is -2.39. The van der Waals surface area contributed by atoms with Gasteiger partial charge in [0.2, 0.25) is 0 Å². The highest BCUT2D eigenvalue weighted by Gasteiger charge is 2.35. The molecular formula is C17H22N2O3S2. The summed E-state index contributed by atoms with van der Waals surface area (Å²) in [5, 5.41) is 0. The Morgan fingerprint density at radius 3 is 2.58 bits per heavy atom. The van der Waals surface area contributed by atoms with Gasteiger partial charge in [0, 0.05) is 30.1 Å². The quantitative estimate of drug-likeness (QED) is 0.835. The highest BCUT2D eigenvalue weighted by molar-refractivity contribution is 7.91. The van der Waals surface area contributed by atoms with Crippen molar-refractivity contribution in [2.75, 3.05) is 33.8 Å². The Morgan fingerprint density at radius 2 is 1.92 bits per heavy atom. The third-order valence-corrected chi connectivity index (χ3v) is 7.75. The SMILES string of the molecule is COc1ccccc1C1CN(S(=O)(=O)c2ccc(C)s2)CCN1C. The monoisotopic (exact) mass is 366 g/mol. The van der Waals surface area contributed by atoms with Crippen molar-refractivity contribution in [3.8, 4) is 5.75 Å². The summed E-state index contributed by atoms with van der Waals surface area (Å²) in [5.41, 5.74) is 1.02. The van der Waals surface area contributed by atoms with Crippen molar-refractivity contribution in [3.63, 3.8) is 0 Å². The van der Waals surface area contributed by atoms with Gasteiger partial charge in [0.05, 0.1) is 13.2 Å². The van der Waals surface area contributed by atoms with Gasteiger partial charge in [-0.1, -0.05) is 18.2 Å². The van der Waals surface area contributed by atoms with E-state index in [-0.39, 0.29) is 6.04 Å². The first-order valence-electron chi connectivity index (χ1n) is 7.83. The molecule has 0 amide bonds. The molecule has 130 valence electrons.